The Hall–Kier alpha value is -1.04. The Morgan fingerprint density at radius 1 is 1.65 bits per heavy atom. The lowest BCUT2D eigenvalue weighted by Gasteiger charge is -2.15. The molecule has 4 nitrogen and oxygen atoms in total. The highest BCUT2D eigenvalue weighted by atomic mass is 32.1. The van der Waals surface area contributed by atoms with Crippen molar-refractivity contribution in [1.82, 2.24) is 9.88 Å². The summed E-state index contributed by atoms with van der Waals surface area (Å²) in [6.45, 7) is 3.15. The van der Waals surface area contributed by atoms with Gasteiger partial charge in [0.15, 0.2) is 0 Å². The number of aliphatic hydroxyl groups is 1. The van der Waals surface area contributed by atoms with Crippen molar-refractivity contribution >= 4 is 17.2 Å². The van der Waals surface area contributed by atoms with Gasteiger partial charge in [-0.15, -0.1) is 0 Å². The van der Waals surface area contributed by atoms with Crippen LogP contribution >= 0.6 is 12.2 Å². The largest absolute Gasteiger partial charge is 0.396 e. The van der Waals surface area contributed by atoms with Crippen LogP contribution in [0.4, 0.5) is 0 Å². The van der Waals surface area contributed by atoms with E-state index in [2.05, 4.69) is 9.88 Å². The molecule has 1 aromatic heterocycles. The standard InChI is InChI=1S/C12H17N3OS/c13-12(17)11-5-9(1-3-14-11)6-15-4-2-10(7-15)8-16/h1,3,5,10,16H,2,4,6-8H2,(H2,13,17). The minimum absolute atomic E-state index is 0.283. The van der Waals surface area contributed by atoms with Crippen molar-refractivity contribution in [2.75, 3.05) is 19.7 Å². The van der Waals surface area contributed by atoms with Crippen molar-refractivity contribution in [3.63, 3.8) is 0 Å². The van der Waals surface area contributed by atoms with Gasteiger partial charge in [-0.2, -0.15) is 0 Å². The Morgan fingerprint density at radius 2 is 2.47 bits per heavy atom. The van der Waals surface area contributed by atoms with Crippen LogP contribution in [0.5, 0.6) is 0 Å². The maximum Gasteiger partial charge on any atom is 0.122 e. The zero-order valence-corrected chi connectivity index (χ0v) is 10.5. The molecular weight excluding hydrogens is 234 g/mol. The van der Waals surface area contributed by atoms with E-state index in [1.807, 2.05) is 12.1 Å². The molecule has 1 fully saturated rings. The molecule has 0 aliphatic carbocycles. The monoisotopic (exact) mass is 251 g/mol. The lowest BCUT2D eigenvalue weighted by molar-refractivity contribution is 0.220. The molecule has 0 amide bonds. The third-order valence-corrected chi connectivity index (χ3v) is 3.32. The minimum Gasteiger partial charge on any atom is -0.396 e. The van der Waals surface area contributed by atoms with Gasteiger partial charge in [0.25, 0.3) is 0 Å². The summed E-state index contributed by atoms with van der Waals surface area (Å²) in [7, 11) is 0. The summed E-state index contributed by atoms with van der Waals surface area (Å²) < 4.78 is 0. The number of hydrogen-bond acceptors (Lipinski definition) is 4. The zero-order valence-electron chi connectivity index (χ0n) is 9.67. The van der Waals surface area contributed by atoms with Gasteiger partial charge in [-0.1, -0.05) is 12.2 Å². The van der Waals surface area contributed by atoms with Gasteiger partial charge in [0.1, 0.15) is 4.99 Å². The van der Waals surface area contributed by atoms with Gasteiger partial charge in [0.05, 0.1) is 5.69 Å². The summed E-state index contributed by atoms with van der Waals surface area (Å²) >= 11 is 4.91. The minimum atomic E-state index is 0.283. The van der Waals surface area contributed by atoms with Gasteiger partial charge >= 0.3 is 0 Å². The molecule has 1 saturated heterocycles. The van der Waals surface area contributed by atoms with Gasteiger partial charge in [0, 0.05) is 25.9 Å². The van der Waals surface area contributed by atoms with Gasteiger partial charge in [-0.05, 0) is 36.6 Å². The van der Waals surface area contributed by atoms with E-state index < -0.39 is 0 Å². The molecule has 0 bridgehead atoms. The molecule has 1 atom stereocenters. The van der Waals surface area contributed by atoms with E-state index in [9.17, 15) is 0 Å². The Bertz CT molecular complexity index is 410. The van der Waals surface area contributed by atoms with Crippen LogP contribution < -0.4 is 5.73 Å². The molecule has 0 radical (unpaired) electrons. The normalized spacial score (nSPS) is 20.6. The van der Waals surface area contributed by atoms with Crippen molar-refractivity contribution in [2.45, 2.75) is 13.0 Å². The molecular formula is C12H17N3OS. The van der Waals surface area contributed by atoms with Crippen LogP contribution in [-0.2, 0) is 6.54 Å². The van der Waals surface area contributed by atoms with E-state index in [1.165, 1.54) is 5.56 Å². The summed E-state index contributed by atoms with van der Waals surface area (Å²) in [6.07, 6.45) is 2.81. The summed E-state index contributed by atoms with van der Waals surface area (Å²) in [5.74, 6) is 0.423. The van der Waals surface area contributed by atoms with Crippen molar-refractivity contribution in [3.05, 3.63) is 29.6 Å². The van der Waals surface area contributed by atoms with E-state index in [-0.39, 0.29) is 6.61 Å². The van der Waals surface area contributed by atoms with E-state index in [1.54, 1.807) is 6.20 Å². The van der Waals surface area contributed by atoms with Crippen molar-refractivity contribution < 1.29 is 5.11 Å². The quantitative estimate of drug-likeness (QED) is 0.764. The predicted octanol–water partition coefficient (Wildman–Crippen LogP) is 0.530. The number of nitrogens with zero attached hydrogens (tertiary/aromatic N) is 2. The molecule has 1 aromatic rings. The zero-order chi connectivity index (χ0) is 12.3. The number of aliphatic hydroxyl groups excluding tert-OH is 1. The highest BCUT2D eigenvalue weighted by Crippen LogP contribution is 2.18. The molecule has 3 N–H and O–H groups in total. The molecule has 0 saturated carbocycles. The van der Waals surface area contributed by atoms with Crippen LogP contribution in [0.1, 0.15) is 17.7 Å². The number of hydrogen-bond donors (Lipinski definition) is 2. The maximum absolute atomic E-state index is 9.10. The summed E-state index contributed by atoms with van der Waals surface area (Å²) in [5, 5.41) is 9.10. The molecule has 1 unspecified atom stereocenters. The fraction of sp³-hybridized carbons (Fsp3) is 0.500. The Morgan fingerprint density at radius 3 is 3.12 bits per heavy atom. The van der Waals surface area contributed by atoms with Gasteiger partial charge in [-0.3, -0.25) is 9.88 Å². The van der Waals surface area contributed by atoms with Crippen LogP contribution in [0.3, 0.4) is 0 Å². The molecule has 1 aliphatic heterocycles. The maximum atomic E-state index is 9.10. The second-order valence-electron chi connectivity index (χ2n) is 4.49. The summed E-state index contributed by atoms with van der Waals surface area (Å²) in [4.78, 5) is 6.79. The number of rotatable bonds is 4. The molecule has 5 heteroatoms. The molecule has 2 rings (SSSR count). The van der Waals surface area contributed by atoms with Crippen LogP contribution in [0.25, 0.3) is 0 Å². The van der Waals surface area contributed by atoms with Crippen molar-refractivity contribution in [1.29, 1.82) is 0 Å². The first kappa shape index (κ1) is 12.4. The Kier molecular flexibility index (Phi) is 4.04. The molecule has 1 aliphatic rings. The lowest BCUT2D eigenvalue weighted by atomic mass is 10.1. The first-order valence-corrected chi connectivity index (χ1v) is 6.18. The number of nitrogens with two attached hydrogens (primary N) is 1. The van der Waals surface area contributed by atoms with E-state index >= 15 is 0 Å². The highest BCUT2D eigenvalue weighted by Gasteiger charge is 2.21. The van der Waals surface area contributed by atoms with Crippen molar-refractivity contribution in [3.8, 4) is 0 Å². The van der Waals surface area contributed by atoms with Gasteiger partial charge in [0.2, 0.25) is 0 Å². The number of pyridine rings is 1. The van der Waals surface area contributed by atoms with Gasteiger partial charge < -0.3 is 10.8 Å². The van der Waals surface area contributed by atoms with E-state index in [4.69, 9.17) is 23.1 Å². The smallest absolute Gasteiger partial charge is 0.122 e. The third kappa shape index (κ3) is 3.21. The first-order chi connectivity index (χ1) is 8.19. The van der Waals surface area contributed by atoms with Crippen molar-refractivity contribution in [2.24, 2.45) is 11.7 Å². The number of thiocarbonyl (C=S) groups is 1. The molecule has 0 spiro atoms. The molecule has 0 aromatic carbocycles. The van der Waals surface area contributed by atoms with Crippen LogP contribution in [0.2, 0.25) is 0 Å². The van der Waals surface area contributed by atoms with E-state index in [0.29, 0.717) is 16.6 Å². The third-order valence-electron chi connectivity index (χ3n) is 3.11. The highest BCUT2D eigenvalue weighted by molar-refractivity contribution is 7.80. The number of aromatic nitrogens is 1. The Labute approximate surface area is 106 Å². The van der Waals surface area contributed by atoms with Crippen LogP contribution in [-0.4, -0.2) is 39.7 Å². The molecule has 92 valence electrons. The molecule has 2 heterocycles. The molecule has 17 heavy (non-hydrogen) atoms. The topological polar surface area (TPSA) is 62.4 Å². The van der Waals surface area contributed by atoms with Crippen LogP contribution in [0, 0.1) is 5.92 Å². The SMILES string of the molecule is NC(=S)c1cc(CN2CCC(CO)C2)ccn1. The average molecular weight is 251 g/mol. The lowest BCUT2D eigenvalue weighted by Crippen LogP contribution is -2.21. The first-order valence-electron chi connectivity index (χ1n) is 5.77. The fourth-order valence-electron chi connectivity index (χ4n) is 2.17. The predicted molar refractivity (Wildman–Crippen MR) is 70.6 cm³/mol. The van der Waals surface area contributed by atoms with Gasteiger partial charge in [-0.25, -0.2) is 0 Å². The Balaban J connectivity index is 1.99. The summed E-state index contributed by atoms with van der Waals surface area (Å²) in [5.41, 5.74) is 7.40. The average Bonchev–Trinajstić information content (AvgIpc) is 2.77. The second kappa shape index (κ2) is 5.53. The van der Waals surface area contributed by atoms with Crippen LogP contribution in [0.15, 0.2) is 18.3 Å². The summed E-state index contributed by atoms with van der Waals surface area (Å²) in [6, 6.07) is 3.92. The number of likely N-dealkylation sites (tertiary alicyclic amines) is 1. The van der Waals surface area contributed by atoms with E-state index in [0.717, 1.165) is 26.1 Å². The second-order valence-corrected chi connectivity index (χ2v) is 4.93. The fourth-order valence-corrected chi connectivity index (χ4v) is 2.28.